The first-order chi connectivity index (χ1) is 11.1. The zero-order valence-corrected chi connectivity index (χ0v) is 13.7. The van der Waals surface area contributed by atoms with Gasteiger partial charge >= 0.3 is 0 Å². The van der Waals surface area contributed by atoms with Gasteiger partial charge in [0.25, 0.3) is 11.5 Å². The van der Waals surface area contributed by atoms with Crippen LogP contribution in [0, 0.1) is 5.92 Å². The maximum atomic E-state index is 12.5. The van der Waals surface area contributed by atoms with Crippen LogP contribution < -0.4 is 5.56 Å². The van der Waals surface area contributed by atoms with Gasteiger partial charge in [0.2, 0.25) is 0 Å². The molecule has 2 aliphatic heterocycles. The monoisotopic (exact) mass is 319 g/mol. The molecule has 0 atom stereocenters. The van der Waals surface area contributed by atoms with Gasteiger partial charge < -0.3 is 14.2 Å². The summed E-state index contributed by atoms with van der Waals surface area (Å²) in [4.78, 5) is 28.5. The standard InChI is InChI=1S/C17H25N3O3/c1-18-5-4-15(12-16(18)21)17(22)20-6-2-14(3-7-20)13-19-8-10-23-11-9-19/h4-5,12,14H,2-3,6-11,13H2,1H3. The Labute approximate surface area is 136 Å². The number of hydrogen-bond donors (Lipinski definition) is 0. The van der Waals surface area contributed by atoms with E-state index in [4.69, 9.17) is 4.74 Å². The van der Waals surface area contributed by atoms with E-state index in [0.29, 0.717) is 11.5 Å². The lowest BCUT2D eigenvalue weighted by Crippen LogP contribution is -2.44. The molecule has 3 rings (SSSR count). The number of carbonyl (C=O) groups excluding carboxylic acids is 1. The topological polar surface area (TPSA) is 54.8 Å². The van der Waals surface area contributed by atoms with Gasteiger partial charge in [0.15, 0.2) is 0 Å². The lowest BCUT2D eigenvalue weighted by Gasteiger charge is -2.36. The van der Waals surface area contributed by atoms with Gasteiger partial charge in [0.1, 0.15) is 0 Å². The van der Waals surface area contributed by atoms with Crippen molar-refractivity contribution in [3.8, 4) is 0 Å². The molecule has 23 heavy (non-hydrogen) atoms. The van der Waals surface area contributed by atoms with Gasteiger partial charge in [-0.15, -0.1) is 0 Å². The number of morpholine rings is 1. The van der Waals surface area contributed by atoms with E-state index in [1.54, 1.807) is 19.3 Å². The quantitative estimate of drug-likeness (QED) is 0.817. The molecule has 0 radical (unpaired) electrons. The van der Waals surface area contributed by atoms with Crippen molar-refractivity contribution in [2.45, 2.75) is 12.8 Å². The Hall–Kier alpha value is -1.66. The number of likely N-dealkylation sites (tertiary alicyclic amines) is 1. The second-order valence-electron chi connectivity index (χ2n) is 6.51. The summed E-state index contributed by atoms with van der Waals surface area (Å²) in [6, 6.07) is 3.16. The van der Waals surface area contributed by atoms with Crippen molar-refractivity contribution in [2.24, 2.45) is 13.0 Å². The Bertz CT molecular complexity index is 599. The van der Waals surface area contributed by atoms with E-state index >= 15 is 0 Å². The first kappa shape index (κ1) is 16.2. The number of pyridine rings is 1. The molecule has 1 amide bonds. The van der Waals surface area contributed by atoms with Crippen LogP contribution in [0.4, 0.5) is 0 Å². The van der Waals surface area contributed by atoms with Crippen molar-refractivity contribution in [3.63, 3.8) is 0 Å². The average Bonchev–Trinajstić information content (AvgIpc) is 2.58. The highest BCUT2D eigenvalue weighted by atomic mass is 16.5. The highest BCUT2D eigenvalue weighted by Crippen LogP contribution is 2.20. The van der Waals surface area contributed by atoms with Crippen molar-refractivity contribution in [3.05, 3.63) is 34.2 Å². The minimum atomic E-state index is -0.141. The van der Waals surface area contributed by atoms with Crippen molar-refractivity contribution >= 4 is 5.91 Å². The fourth-order valence-electron chi connectivity index (χ4n) is 3.33. The molecule has 0 unspecified atom stereocenters. The summed E-state index contributed by atoms with van der Waals surface area (Å²) < 4.78 is 6.86. The molecule has 126 valence electrons. The lowest BCUT2D eigenvalue weighted by molar-refractivity contribution is 0.0243. The molecule has 0 bridgehead atoms. The Morgan fingerprint density at radius 2 is 1.91 bits per heavy atom. The van der Waals surface area contributed by atoms with Gasteiger partial charge in [0.05, 0.1) is 13.2 Å². The lowest BCUT2D eigenvalue weighted by atomic mass is 9.95. The molecule has 0 aromatic carbocycles. The third-order valence-electron chi connectivity index (χ3n) is 4.87. The van der Waals surface area contributed by atoms with Crippen LogP contribution in [-0.4, -0.2) is 66.2 Å². The fraction of sp³-hybridized carbons (Fsp3) is 0.647. The van der Waals surface area contributed by atoms with Crippen LogP contribution in [0.25, 0.3) is 0 Å². The number of piperidine rings is 1. The van der Waals surface area contributed by atoms with Crippen LogP contribution in [0.3, 0.4) is 0 Å². The molecule has 0 saturated carbocycles. The molecule has 2 fully saturated rings. The second-order valence-corrected chi connectivity index (χ2v) is 6.51. The summed E-state index contributed by atoms with van der Waals surface area (Å²) in [5, 5.41) is 0. The van der Waals surface area contributed by atoms with Crippen LogP contribution in [-0.2, 0) is 11.8 Å². The Morgan fingerprint density at radius 3 is 2.57 bits per heavy atom. The molecule has 0 aliphatic carbocycles. The molecule has 6 heteroatoms. The van der Waals surface area contributed by atoms with E-state index in [0.717, 1.165) is 58.8 Å². The van der Waals surface area contributed by atoms with Crippen LogP contribution in [0.2, 0.25) is 0 Å². The molecule has 1 aromatic heterocycles. The Kier molecular flexibility index (Phi) is 5.13. The van der Waals surface area contributed by atoms with E-state index in [-0.39, 0.29) is 11.5 Å². The van der Waals surface area contributed by atoms with Crippen LogP contribution in [0.5, 0.6) is 0 Å². The molecule has 2 aliphatic rings. The summed E-state index contributed by atoms with van der Waals surface area (Å²) in [7, 11) is 1.69. The summed E-state index contributed by atoms with van der Waals surface area (Å²) in [6.07, 6.45) is 3.72. The van der Waals surface area contributed by atoms with Gasteiger partial charge in [0, 0.05) is 57.6 Å². The van der Waals surface area contributed by atoms with E-state index in [1.165, 1.54) is 10.6 Å². The highest BCUT2D eigenvalue weighted by Gasteiger charge is 2.25. The van der Waals surface area contributed by atoms with Gasteiger partial charge in [-0.3, -0.25) is 14.5 Å². The molecule has 3 heterocycles. The largest absolute Gasteiger partial charge is 0.379 e. The van der Waals surface area contributed by atoms with E-state index in [2.05, 4.69) is 4.90 Å². The summed E-state index contributed by atoms with van der Waals surface area (Å²) >= 11 is 0. The first-order valence-corrected chi connectivity index (χ1v) is 8.39. The predicted molar refractivity (Wildman–Crippen MR) is 87.6 cm³/mol. The van der Waals surface area contributed by atoms with Crippen LogP contribution in [0.15, 0.2) is 23.1 Å². The SMILES string of the molecule is Cn1ccc(C(=O)N2CCC(CN3CCOCC3)CC2)cc1=O. The second kappa shape index (κ2) is 7.27. The number of ether oxygens (including phenoxy) is 1. The third kappa shape index (κ3) is 4.00. The van der Waals surface area contributed by atoms with Crippen molar-refractivity contribution < 1.29 is 9.53 Å². The third-order valence-corrected chi connectivity index (χ3v) is 4.87. The highest BCUT2D eigenvalue weighted by molar-refractivity contribution is 5.94. The van der Waals surface area contributed by atoms with Gasteiger partial charge in [-0.1, -0.05) is 0 Å². The molecule has 0 spiro atoms. The minimum Gasteiger partial charge on any atom is -0.379 e. The summed E-state index contributed by atoms with van der Waals surface area (Å²) in [5.74, 6) is 0.633. The smallest absolute Gasteiger partial charge is 0.254 e. The van der Waals surface area contributed by atoms with Gasteiger partial charge in [-0.05, 0) is 24.8 Å². The fourth-order valence-corrected chi connectivity index (χ4v) is 3.33. The van der Waals surface area contributed by atoms with E-state index in [1.807, 2.05) is 4.90 Å². The van der Waals surface area contributed by atoms with Gasteiger partial charge in [-0.25, -0.2) is 0 Å². The predicted octanol–water partition coefficient (Wildman–Crippen LogP) is 0.570. The zero-order valence-electron chi connectivity index (χ0n) is 13.7. The number of rotatable bonds is 3. The van der Waals surface area contributed by atoms with Crippen LogP contribution >= 0.6 is 0 Å². The number of aryl methyl sites for hydroxylation is 1. The van der Waals surface area contributed by atoms with E-state index in [9.17, 15) is 9.59 Å². The van der Waals surface area contributed by atoms with Crippen molar-refractivity contribution in [1.29, 1.82) is 0 Å². The summed E-state index contributed by atoms with van der Waals surface area (Å²) in [5.41, 5.74) is 0.359. The van der Waals surface area contributed by atoms with Crippen LogP contribution in [0.1, 0.15) is 23.2 Å². The number of amides is 1. The normalized spacial score (nSPS) is 20.7. The Balaban J connectivity index is 1.52. The molecule has 1 aromatic rings. The Morgan fingerprint density at radius 1 is 1.22 bits per heavy atom. The molecular weight excluding hydrogens is 294 g/mol. The molecule has 0 N–H and O–H groups in total. The summed E-state index contributed by atoms with van der Waals surface area (Å²) in [6.45, 7) is 6.38. The number of hydrogen-bond acceptors (Lipinski definition) is 4. The molecule has 2 saturated heterocycles. The van der Waals surface area contributed by atoms with E-state index < -0.39 is 0 Å². The molecule has 6 nitrogen and oxygen atoms in total. The maximum absolute atomic E-state index is 12.5. The molecular formula is C17H25N3O3. The average molecular weight is 319 g/mol. The van der Waals surface area contributed by atoms with Crippen molar-refractivity contribution in [1.82, 2.24) is 14.4 Å². The number of aromatic nitrogens is 1. The number of carbonyl (C=O) groups is 1. The maximum Gasteiger partial charge on any atom is 0.254 e. The first-order valence-electron chi connectivity index (χ1n) is 8.39. The zero-order chi connectivity index (χ0) is 16.2. The van der Waals surface area contributed by atoms with Crippen molar-refractivity contribution in [2.75, 3.05) is 45.9 Å². The number of nitrogens with zero attached hydrogens (tertiary/aromatic N) is 3. The minimum absolute atomic E-state index is 0.0208. The van der Waals surface area contributed by atoms with Gasteiger partial charge in [-0.2, -0.15) is 0 Å².